The Labute approximate surface area is 105 Å². The Balaban J connectivity index is 0.000000581. The van der Waals surface area contributed by atoms with Crippen molar-refractivity contribution in [3.05, 3.63) is 0 Å². The van der Waals surface area contributed by atoms with Crippen LogP contribution in [-0.2, 0) is 14.2 Å². The first-order valence-corrected chi connectivity index (χ1v) is 6.76. The van der Waals surface area contributed by atoms with Gasteiger partial charge in [-0.3, -0.25) is 0 Å². The summed E-state index contributed by atoms with van der Waals surface area (Å²) in [6.07, 6.45) is 0.522. The van der Waals surface area contributed by atoms with Crippen LogP contribution in [0.1, 0.15) is 48.0 Å². The number of ether oxygens (including phenoxy) is 3. The Hall–Kier alpha value is -0.160. The van der Waals surface area contributed by atoms with Crippen LogP contribution in [0.5, 0.6) is 0 Å². The molecule has 2 aliphatic rings. The van der Waals surface area contributed by atoms with E-state index in [1.54, 1.807) is 0 Å². The maximum absolute atomic E-state index is 9.00. The Kier molecular flexibility index (Phi) is 7.96. The lowest BCUT2D eigenvalue weighted by molar-refractivity contribution is -0.191. The summed E-state index contributed by atoms with van der Waals surface area (Å²) in [5.74, 6) is -0.480. The summed E-state index contributed by atoms with van der Waals surface area (Å²) in [5, 5.41) is 9.00. The monoisotopic (exact) mass is 248 g/mol. The molecule has 0 spiro atoms. The van der Waals surface area contributed by atoms with Crippen molar-refractivity contribution in [3.8, 4) is 0 Å². The molecular weight excluding hydrogens is 220 g/mol. The molecule has 0 bridgehead atoms. The molecule has 2 aliphatic heterocycles. The van der Waals surface area contributed by atoms with Crippen LogP contribution in [0.15, 0.2) is 0 Å². The van der Waals surface area contributed by atoms with Crippen LogP contribution in [0.25, 0.3) is 0 Å². The van der Waals surface area contributed by atoms with Gasteiger partial charge in [-0.1, -0.05) is 34.6 Å². The maximum Gasteiger partial charge on any atom is 0.166 e. The summed E-state index contributed by atoms with van der Waals surface area (Å²) in [6.45, 7) is 12.5. The molecule has 0 amide bonds. The third-order valence-electron chi connectivity index (χ3n) is 2.82. The molecule has 4 nitrogen and oxygen atoms in total. The summed E-state index contributed by atoms with van der Waals surface area (Å²) in [4.78, 5) is 0. The molecule has 2 fully saturated rings. The van der Waals surface area contributed by atoms with E-state index in [4.69, 9.17) is 19.3 Å². The number of aliphatic hydroxyl groups is 1. The topological polar surface area (TPSA) is 47.9 Å². The standard InChI is InChI=1S/C9H16O4.2C2H6/c1-3-9(2)12-7-5-11-6(4-10)8(7)13-9;2*1-2/h6-8,10H,3-5H2,1-2H3;2*1-2H3. The molecule has 2 saturated heterocycles. The van der Waals surface area contributed by atoms with Crippen molar-refractivity contribution in [2.75, 3.05) is 13.2 Å². The summed E-state index contributed by atoms with van der Waals surface area (Å²) in [6, 6.07) is 0. The van der Waals surface area contributed by atoms with E-state index in [-0.39, 0.29) is 24.9 Å². The van der Waals surface area contributed by atoms with Crippen LogP contribution >= 0.6 is 0 Å². The van der Waals surface area contributed by atoms with Gasteiger partial charge < -0.3 is 19.3 Å². The van der Waals surface area contributed by atoms with Gasteiger partial charge in [0.1, 0.15) is 18.3 Å². The predicted octanol–water partition coefficient (Wildman–Crippen LogP) is 2.34. The average molecular weight is 248 g/mol. The predicted molar refractivity (Wildman–Crippen MR) is 68.0 cm³/mol. The molecule has 0 aromatic heterocycles. The zero-order valence-corrected chi connectivity index (χ0v) is 12.0. The molecule has 1 N–H and O–H groups in total. The minimum absolute atomic E-state index is 0.00194. The fourth-order valence-electron chi connectivity index (χ4n) is 1.86. The molecule has 2 rings (SSSR count). The van der Waals surface area contributed by atoms with Gasteiger partial charge in [-0.15, -0.1) is 0 Å². The van der Waals surface area contributed by atoms with Crippen molar-refractivity contribution in [1.82, 2.24) is 0 Å². The summed E-state index contributed by atoms with van der Waals surface area (Å²) < 4.78 is 16.7. The van der Waals surface area contributed by atoms with Gasteiger partial charge in [0.05, 0.1) is 13.2 Å². The van der Waals surface area contributed by atoms with Crippen LogP contribution in [0, 0.1) is 0 Å². The number of aliphatic hydroxyl groups excluding tert-OH is 1. The molecule has 0 saturated carbocycles. The van der Waals surface area contributed by atoms with E-state index in [0.717, 1.165) is 6.42 Å². The maximum atomic E-state index is 9.00. The van der Waals surface area contributed by atoms with E-state index in [0.29, 0.717) is 6.61 Å². The normalized spacial score (nSPS) is 38.6. The number of fused-ring (bicyclic) bond motifs is 1. The average Bonchev–Trinajstić information content (AvgIpc) is 2.91. The Bertz CT molecular complexity index is 198. The zero-order chi connectivity index (χ0) is 13.5. The van der Waals surface area contributed by atoms with Gasteiger partial charge in [-0.2, -0.15) is 0 Å². The van der Waals surface area contributed by atoms with Crippen molar-refractivity contribution >= 4 is 0 Å². The second kappa shape index (κ2) is 8.03. The van der Waals surface area contributed by atoms with E-state index in [1.165, 1.54) is 0 Å². The van der Waals surface area contributed by atoms with Crippen LogP contribution in [-0.4, -0.2) is 42.4 Å². The fourth-order valence-corrected chi connectivity index (χ4v) is 1.86. The van der Waals surface area contributed by atoms with E-state index in [9.17, 15) is 0 Å². The largest absolute Gasteiger partial charge is 0.394 e. The quantitative estimate of drug-likeness (QED) is 0.815. The Morgan fingerprint density at radius 2 is 1.76 bits per heavy atom. The summed E-state index contributed by atoms with van der Waals surface area (Å²) in [7, 11) is 0. The number of rotatable bonds is 2. The molecular formula is C13H28O4. The Morgan fingerprint density at radius 1 is 1.18 bits per heavy atom. The number of hydrogen-bond donors (Lipinski definition) is 1. The molecule has 0 radical (unpaired) electrons. The van der Waals surface area contributed by atoms with Crippen molar-refractivity contribution in [2.45, 2.75) is 72.1 Å². The second-order valence-electron chi connectivity index (χ2n) is 3.78. The highest BCUT2D eigenvalue weighted by atomic mass is 16.8. The zero-order valence-electron chi connectivity index (χ0n) is 12.0. The molecule has 17 heavy (non-hydrogen) atoms. The van der Waals surface area contributed by atoms with Gasteiger partial charge in [0.25, 0.3) is 0 Å². The smallest absolute Gasteiger partial charge is 0.166 e. The first-order valence-electron chi connectivity index (χ1n) is 6.76. The highest BCUT2D eigenvalue weighted by Gasteiger charge is 2.50. The minimum atomic E-state index is -0.480. The van der Waals surface area contributed by atoms with Gasteiger partial charge >= 0.3 is 0 Å². The van der Waals surface area contributed by atoms with Crippen LogP contribution in [0.4, 0.5) is 0 Å². The lowest BCUT2D eigenvalue weighted by Gasteiger charge is -2.23. The third kappa shape index (κ3) is 3.91. The van der Waals surface area contributed by atoms with Crippen LogP contribution < -0.4 is 0 Å². The van der Waals surface area contributed by atoms with E-state index >= 15 is 0 Å². The van der Waals surface area contributed by atoms with E-state index in [2.05, 4.69) is 0 Å². The lowest BCUT2D eigenvalue weighted by Crippen LogP contribution is -2.32. The second-order valence-corrected chi connectivity index (χ2v) is 3.78. The SMILES string of the molecule is CC.CC.CCC1(C)OC2COC(CO)C2O1. The van der Waals surface area contributed by atoms with Crippen LogP contribution in [0.3, 0.4) is 0 Å². The van der Waals surface area contributed by atoms with Gasteiger partial charge in [0.2, 0.25) is 0 Å². The summed E-state index contributed by atoms with van der Waals surface area (Å²) in [5.41, 5.74) is 0. The molecule has 2 heterocycles. The molecule has 4 unspecified atom stereocenters. The molecule has 4 atom stereocenters. The molecule has 0 aromatic rings. The van der Waals surface area contributed by atoms with Gasteiger partial charge in [0, 0.05) is 0 Å². The third-order valence-corrected chi connectivity index (χ3v) is 2.82. The Morgan fingerprint density at radius 3 is 2.24 bits per heavy atom. The first kappa shape index (κ1) is 16.8. The van der Waals surface area contributed by atoms with E-state index < -0.39 is 5.79 Å². The number of hydrogen-bond acceptors (Lipinski definition) is 4. The lowest BCUT2D eigenvalue weighted by atomic mass is 10.2. The van der Waals surface area contributed by atoms with Crippen LogP contribution in [0.2, 0.25) is 0 Å². The fraction of sp³-hybridized carbons (Fsp3) is 1.00. The van der Waals surface area contributed by atoms with Crippen molar-refractivity contribution in [1.29, 1.82) is 0 Å². The first-order chi connectivity index (χ1) is 8.18. The van der Waals surface area contributed by atoms with Gasteiger partial charge in [-0.05, 0) is 13.3 Å². The van der Waals surface area contributed by atoms with Crippen molar-refractivity contribution in [3.63, 3.8) is 0 Å². The molecule has 4 heteroatoms. The summed E-state index contributed by atoms with van der Waals surface area (Å²) >= 11 is 0. The van der Waals surface area contributed by atoms with Gasteiger partial charge in [0.15, 0.2) is 5.79 Å². The van der Waals surface area contributed by atoms with E-state index in [1.807, 2.05) is 41.5 Å². The van der Waals surface area contributed by atoms with Gasteiger partial charge in [-0.25, -0.2) is 0 Å². The van der Waals surface area contributed by atoms with Crippen molar-refractivity contribution < 1.29 is 19.3 Å². The molecule has 0 aromatic carbocycles. The minimum Gasteiger partial charge on any atom is -0.394 e. The highest BCUT2D eigenvalue weighted by Crippen LogP contribution is 2.36. The highest BCUT2D eigenvalue weighted by molar-refractivity contribution is 4.92. The van der Waals surface area contributed by atoms with Crippen molar-refractivity contribution in [2.24, 2.45) is 0 Å². The molecule has 0 aliphatic carbocycles. The molecule has 104 valence electrons.